The van der Waals surface area contributed by atoms with E-state index in [1.165, 1.54) is 0 Å². The molecule has 0 aromatic rings. The molecule has 1 aliphatic carbocycles. The van der Waals surface area contributed by atoms with Crippen LogP contribution >= 0.6 is 15.9 Å². The molecule has 0 bridgehead atoms. The number of alkyl halides is 1. The molecule has 0 spiro atoms. The third-order valence-electron chi connectivity index (χ3n) is 3.26. The van der Waals surface area contributed by atoms with Crippen LogP contribution in [0.4, 0.5) is 0 Å². The summed E-state index contributed by atoms with van der Waals surface area (Å²) in [6, 6.07) is 0. The van der Waals surface area contributed by atoms with Crippen LogP contribution in [0, 0.1) is 5.41 Å². The second-order valence-corrected chi connectivity index (χ2v) is 8.21. The molecule has 1 aliphatic rings. The van der Waals surface area contributed by atoms with Crippen molar-refractivity contribution in [3.63, 3.8) is 0 Å². The predicted molar refractivity (Wildman–Crippen MR) is 71.4 cm³/mol. The van der Waals surface area contributed by atoms with E-state index in [-0.39, 0.29) is 10.7 Å². The van der Waals surface area contributed by atoms with E-state index < -0.39 is 10.0 Å². The van der Waals surface area contributed by atoms with E-state index in [9.17, 15) is 8.42 Å². The number of hydrogen-bond acceptors (Lipinski definition) is 2. The Balaban J connectivity index is 2.47. The second-order valence-electron chi connectivity index (χ2n) is 5.38. The van der Waals surface area contributed by atoms with Gasteiger partial charge in [0.25, 0.3) is 0 Å². The zero-order chi connectivity index (χ0) is 12.2. The number of sulfonamides is 1. The molecule has 0 unspecified atom stereocenters. The van der Waals surface area contributed by atoms with Crippen molar-refractivity contribution in [1.29, 1.82) is 0 Å². The van der Waals surface area contributed by atoms with E-state index in [1.807, 2.05) is 0 Å². The summed E-state index contributed by atoms with van der Waals surface area (Å²) in [4.78, 5) is 0. The Morgan fingerprint density at radius 2 is 1.88 bits per heavy atom. The van der Waals surface area contributed by atoms with Gasteiger partial charge in [-0.1, -0.05) is 42.6 Å². The van der Waals surface area contributed by atoms with Crippen LogP contribution in [0.15, 0.2) is 0 Å². The summed E-state index contributed by atoms with van der Waals surface area (Å²) in [6.45, 7) is 4.72. The highest BCUT2D eigenvalue weighted by atomic mass is 79.9. The third kappa shape index (κ3) is 4.34. The van der Waals surface area contributed by atoms with Crippen LogP contribution in [-0.4, -0.2) is 25.5 Å². The van der Waals surface area contributed by atoms with E-state index in [4.69, 9.17) is 0 Å². The fourth-order valence-electron chi connectivity index (χ4n) is 1.96. The van der Waals surface area contributed by atoms with Gasteiger partial charge < -0.3 is 0 Å². The Morgan fingerprint density at radius 1 is 1.31 bits per heavy atom. The van der Waals surface area contributed by atoms with Crippen molar-refractivity contribution in [2.24, 2.45) is 5.41 Å². The maximum absolute atomic E-state index is 12.0. The quantitative estimate of drug-likeness (QED) is 0.767. The van der Waals surface area contributed by atoms with Crippen LogP contribution < -0.4 is 4.72 Å². The standard InChI is InChI=1S/C11H22BrNO2S/c1-11(2,7-8-12)9-13-16(14,15)10-5-3-4-6-10/h10,13H,3-9H2,1-2H3. The first-order chi connectivity index (χ1) is 7.37. The van der Waals surface area contributed by atoms with Crippen molar-refractivity contribution >= 4 is 26.0 Å². The van der Waals surface area contributed by atoms with E-state index >= 15 is 0 Å². The van der Waals surface area contributed by atoms with Crippen molar-refractivity contribution in [3.05, 3.63) is 0 Å². The summed E-state index contributed by atoms with van der Waals surface area (Å²) in [6.07, 6.45) is 4.73. The van der Waals surface area contributed by atoms with Gasteiger partial charge in [0, 0.05) is 11.9 Å². The van der Waals surface area contributed by atoms with Gasteiger partial charge >= 0.3 is 0 Å². The fraction of sp³-hybridized carbons (Fsp3) is 1.00. The van der Waals surface area contributed by atoms with E-state index in [0.29, 0.717) is 6.54 Å². The van der Waals surface area contributed by atoms with Gasteiger partial charge in [-0.05, 0) is 24.7 Å². The molecule has 1 rings (SSSR count). The SMILES string of the molecule is CC(C)(CCBr)CNS(=O)(=O)C1CCCC1. The average molecular weight is 312 g/mol. The monoisotopic (exact) mass is 311 g/mol. The van der Waals surface area contributed by atoms with Gasteiger partial charge in [0.1, 0.15) is 0 Å². The number of halogens is 1. The fourth-order valence-corrected chi connectivity index (χ4v) is 4.81. The minimum Gasteiger partial charge on any atom is -0.214 e. The van der Waals surface area contributed by atoms with Crippen molar-refractivity contribution < 1.29 is 8.42 Å². The van der Waals surface area contributed by atoms with E-state index in [1.54, 1.807) is 0 Å². The van der Waals surface area contributed by atoms with Crippen molar-refractivity contribution in [1.82, 2.24) is 4.72 Å². The Kier molecular flexibility index (Phi) is 5.26. The normalized spacial score (nSPS) is 19.2. The molecule has 0 heterocycles. The highest BCUT2D eigenvalue weighted by Gasteiger charge is 2.30. The largest absolute Gasteiger partial charge is 0.214 e. The van der Waals surface area contributed by atoms with Crippen molar-refractivity contribution in [3.8, 4) is 0 Å². The van der Waals surface area contributed by atoms with Crippen LogP contribution in [0.3, 0.4) is 0 Å². The van der Waals surface area contributed by atoms with Crippen molar-refractivity contribution in [2.45, 2.75) is 51.2 Å². The van der Waals surface area contributed by atoms with E-state index in [0.717, 1.165) is 37.4 Å². The lowest BCUT2D eigenvalue weighted by Gasteiger charge is -2.25. The lowest BCUT2D eigenvalue weighted by atomic mass is 9.91. The highest BCUT2D eigenvalue weighted by molar-refractivity contribution is 9.09. The average Bonchev–Trinajstić information content (AvgIpc) is 2.68. The maximum Gasteiger partial charge on any atom is 0.214 e. The molecule has 5 heteroatoms. The Morgan fingerprint density at radius 3 is 2.38 bits per heavy atom. The molecule has 0 aliphatic heterocycles. The molecule has 1 N–H and O–H groups in total. The lowest BCUT2D eigenvalue weighted by molar-refractivity contribution is 0.353. The molecule has 0 radical (unpaired) electrons. The molecule has 0 atom stereocenters. The summed E-state index contributed by atoms with van der Waals surface area (Å²) in [5.41, 5.74) is 0.0230. The molecule has 1 saturated carbocycles. The summed E-state index contributed by atoms with van der Waals surface area (Å²) < 4.78 is 26.7. The summed E-state index contributed by atoms with van der Waals surface area (Å²) in [7, 11) is -3.08. The van der Waals surface area contributed by atoms with Crippen LogP contribution in [-0.2, 0) is 10.0 Å². The van der Waals surface area contributed by atoms with Gasteiger partial charge in [-0.3, -0.25) is 0 Å². The van der Waals surface area contributed by atoms with Crippen LogP contribution in [0.5, 0.6) is 0 Å². The van der Waals surface area contributed by atoms with Crippen molar-refractivity contribution in [2.75, 3.05) is 11.9 Å². The first-order valence-electron chi connectivity index (χ1n) is 5.92. The zero-order valence-corrected chi connectivity index (χ0v) is 12.5. The lowest BCUT2D eigenvalue weighted by Crippen LogP contribution is -2.39. The molecule has 0 amide bonds. The number of rotatable bonds is 6. The van der Waals surface area contributed by atoms with E-state index in [2.05, 4.69) is 34.5 Å². The molecule has 0 aromatic heterocycles. The van der Waals surface area contributed by atoms with Crippen LogP contribution in [0.1, 0.15) is 46.0 Å². The Hall–Kier alpha value is 0.390. The number of hydrogen-bond donors (Lipinski definition) is 1. The topological polar surface area (TPSA) is 46.2 Å². The molecule has 16 heavy (non-hydrogen) atoms. The van der Waals surface area contributed by atoms with Crippen LogP contribution in [0.2, 0.25) is 0 Å². The van der Waals surface area contributed by atoms with Gasteiger partial charge in [0.2, 0.25) is 10.0 Å². The second kappa shape index (κ2) is 5.83. The molecular formula is C11H22BrNO2S. The minimum atomic E-state index is -3.08. The third-order valence-corrected chi connectivity index (χ3v) is 5.56. The predicted octanol–water partition coefficient (Wildman–Crippen LogP) is 2.66. The van der Waals surface area contributed by atoms with Gasteiger partial charge in [-0.25, -0.2) is 13.1 Å². The van der Waals surface area contributed by atoms with Gasteiger partial charge in [0.15, 0.2) is 0 Å². The van der Waals surface area contributed by atoms with Gasteiger partial charge in [0.05, 0.1) is 5.25 Å². The maximum atomic E-state index is 12.0. The molecule has 1 fully saturated rings. The first-order valence-corrected chi connectivity index (χ1v) is 8.59. The highest BCUT2D eigenvalue weighted by Crippen LogP contribution is 2.25. The minimum absolute atomic E-state index is 0.0230. The molecule has 0 aromatic carbocycles. The summed E-state index contributed by atoms with van der Waals surface area (Å²) >= 11 is 3.39. The van der Waals surface area contributed by atoms with Gasteiger partial charge in [-0.15, -0.1) is 0 Å². The zero-order valence-electron chi connectivity index (χ0n) is 10.1. The molecule has 96 valence electrons. The first kappa shape index (κ1) is 14.5. The Labute approximate surface area is 108 Å². The molecule has 3 nitrogen and oxygen atoms in total. The Bertz CT molecular complexity index is 308. The molecule has 0 saturated heterocycles. The molecular weight excluding hydrogens is 290 g/mol. The smallest absolute Gasteiger partial charge is 0.214 e. The number of nitrogens with one attached hydrogen (secondary N) is 1. The van der Waals surface area contributed by atoms with Gasteiger partial charge in [-0.2, -0.15) is 0 Å². The summed E-state index contributed by atoms with van der Waals surface area (Å²) in [5.74, 6) is 0. The summed E-state index contributed by atoms with van der Waals surface area (Å²) in [5, 5.41) is 0.762. The van der Waals surface area contributed by atoms with Crippen LogP contribution in [0.25, 0.3) is 0 Å².